The molecule has 0 unspecified atom stereocenters. The van der Waals surface area contributed by atoms with Crippen LogP contribution in [-0.2, 0) is 23.7 Å². The molecular formula is C21H20O6Te. The number of rotatable bonds is 5. The number of ether oxygens (including phenoxy) is 4. The van der Waals surface area contributed by atoms with Gasteiger partial charge in [0.25, 0.3) is 0 Å². The third-order valence-corrected chi connectivity index (χ3v) is 7.12. The van der Waals surface area contributed by atoms with E-state index in [0.717, 1.165) is 3.61 Å². The summed E-state index contributed by atoms with van der Waals surface area (Å²) in [4.78, 5) is 25.6. The van der Waals surface area contributed by atoms with Crippen LogP contribution in [0.3, 0.4) is 0 Å². The summed E-state index contributed by atoms with van der Waals surface area (Å²) < 4.78 is 24.1. The van der Waals surface area contributed by atoms with Crippen molar-refractivity contribution in [2.75, 3.05) is 0 Å². The van der Waals surface area contributed by atoms with E-state index in [0.29, 0.717) is 5.56 Å². The van der Waals surface area contributed by atoms with E-state index in [4.69, 9.17) is 18.9 Å². The fourth-order valence-corrected chi connectivity index (χ4v) is 5.60. The monoisotopic (exact) mass is 498 g/mol. The molecule has 0 amide bonds. The zero-order chi connectivity index (χ0) is 19.7. The molecule has 6 nitrogen and oxygen atoms in total. The van der Waals surface area contributed by atoms with E-state index in [1.807, 2.05) is 36.4 Å². The van der Waals surface area contributed by atoms with Gasteiger partial charge in [0.1, 0.15) is 0 Å². The maximum absolute atomic E-state index is 13.0. The molecule has 0 radical (unpaired) electrons. The van der Waals surface area contributed by atoms with E-state index in [2.05, 4.69) is 0 Å². The molecule has 2 heterocycles. The Labute approximate surface area is 173 Å². The Kier molecular flexibility index (Phi) is 5.55. The Balaban J connectivity index is 1.54. The first-order valence-corrected chi connectivity index (χ1v) is 11.3. The molecule has 0 aliphatic carbocycles. The second-order valence-electron chi connectivity index (χ2n) is 7.00. The average Bonchev–Trinajstić information content (AvgIpc) is 3.16. The van der Waals surface area contributed by atoms with E-state index >= 15 is 0 Å². The van der Waals surface area contributed by atoms with E-state index in [-0.39, 0.29) is 3.83 Å². The first kappa shape index (κ1) is 19.6. The van der Waals surface area contributed by atoms with Crippen LogP contribution in [0.25, 0.3) is 0 Å². The number of carbonyl (C=O) groups is 2. The first-order chi connectivity index (χ1) is 13.4. The van der Waals surface area contributed by atoms with Crippen LogP contribution in [0.5, 0.6) is 0 Å². The predicted octanol–water partition coefficient (Wildman–Crippen LogP) is 1.64. The van der Waals surface area contributed by atoms with Gasteiger partial charge in [0.2, 0.25) is 0 Å². The Bertz CT molecular complexity index is 854. The fourth-order valence-electron chi connectivity index (χ4n) is 3.23. The van der Waals surface area contributed by atoms with Crippen LogP contribution in [0.1, 0.15) is 24.2 Å². The Morgan fingerprint density at radius 2 is 1.61 bits per heavy atom. The number of hydrogen-bond donors (Lipinski definition) is 0. The van der Waals surface area contributed by atoms with Crippen LogP contribution in [-0.4, -0.2) is 61.1 Å². The molecule has 2 saturated heterocycles. The van der Waals surface area contributed by atoms with Crippen molar-refractivity contribution in [3.8, 4) is 0 Å². The molecule has 0 bridgehead atoms. The second-order valence-corrected chi connectivity index (χ2v) is 10.1. The number of fused-ring (bicyclic) bond motifs is 1. The van der Waals surface area contributed by atoms with Gasteiger partial charge in [0.05, 0.1) is 0 Å². The fraction of sp³-hybridized carbons (Fsp3) is 0.333. The molecule has 2 fully saturated rings. The van der Waals surface area contributed by atoms with Gasteiger partial charge in [0, 0.05) is 0 Å². The molecule has 4 rings (SSSR count). The molecule has 2 aliphatic rings. The molecule has 2 aromatic carbocycles. The summed E-state index contributed by atoms with van der Waals surface area (Å²) in [6, 6.07) is 18.2. The normalized spacial score (nSPS) is 27.9. The van der Waals surface area contributed by atoms with Gasteiger partial charge in [0.15, 0.2) is 0 Å². The van der Waals surface area contributed by atoms with Crippen LogP contribution >= 0.6 is 0 Å². The average molecular weight is 496 g/mol. The number of carbonyl (C=O) groups excluding carboxylic acids is 2. The number of hydrogen-bond acceptors (Lipinski definition) is 6. The first-order valence-electron chi connectivity index (χ1n) is 8.97. The number of esters is 1. The molecule has 2 aliphatic heterocycles. The van der Waals surface area contributed by atoms with Crippen molar-refractivity contribution in [2.45, 2.75) is 44.2 Å². The van der Waals surface area contributed by atoms with Crippen molar-refractivity contribution in [2.24, 2.45) is 0 Å². The molecule has 28 heavy (non-hydrogen) atoms. The molecule has 0 saturated carbocycles. The van der Waals surface area contributed by atoms with Crippen molar-refractivity contribution in [1.82, 2.24) is 0 Å². The third-order valence-electron chi connectivity index (χ3n) is 4.44. The summed E-state index contributed by atoms with van der Waals surface area (Å²) in [6.45, 7) is 3.53. The Morgan fingerprint density at radius 3 is 2.29 bits per heavy atom. The van der Waals surface area contributed by atoms with Crippen LogP contribution in [0.15, 0.2) is 60.7 Å². The standard InChI is InChI=1S/C21H20O6Te/c1-21(2)26-17-15(24-18(22)13-9-5-3-6-10-13)16(25-20(17)27-21)19(23)28-14-11-7-4-8-12-14/h3-12,15-17,20H,1-2H3/t15-,16+,17-,20-/m1/s1. The molecule has 0 aromatic heterocycles. The molecular weight excluding hydrogens is 476 g/mol. The van der Waals surface area contributed by atoms with Gasteiger partial charge in [-0.15, -0.1) is 0 Å². The summed E-state index contributed by atoms with van der Waals surface area (Å²) in [5, 5.41) is 0. The molecule has 0 N–H and O–H groups in total. The molecule has 146 valence electrons. The molecule has 7 heteroatoms. The van der Waals surface area contributed by atoms with Gasteiger partial charge in [-0.3, -0.25) is 0 Å². The zero-order valence-electron chi connectivity index (χ0n) is 15.4. The Hall–Kier alpha value is -1.75. The van der Waals surface area contributed by atoms with E-state index < -0.39 is 57.3 Å². The van der Waals surface area contributed by atoms with Crippen molar-refractivity contribution < 1.29 is 28.5 Å². The van der Waals surface area contributed by atoms with Crippen molar-refractivity contribution >= 4 is 34.3 Å². The van der Waals surface area contributed by atoms with Crippen LogP contribution in [0.4, 0.5) is 0 Å². The maximum atomic E-state index is 13.0. The minimum atomic E-state index is -1.18. The minimum absolute atomic E-state index is 0.0538. The van der Waals surface area contributed by atoms with Gasteiger partial charge < -0.3 is 0 Å². The summed E-state index contributed by atoms with van der Waals surface area (Å²) in [5.41, 5.74) is 0.412. The molecule has 4 atom stereocenters. The SMILES string of the molecule is CC1(C)O[C@H]2O[C@H](C(=O)[Te]c3ccccc3)[C@@H](OC(=O)c3ccccc3)[C@H]2O1. The van der Waals surface area contributed by atoms with E-state index in [9.17, 15) is 9.59 Å². The second kappa shape index (κ2) is 7.94. The van der Waals surface area contributed by atoms with Crippen LogP contribution in [0.2, 0.25) is 0 Å². The van der Waals surface area contributed by atoms with Gasteiger partial charge in [-0.05, 0) is 0 Å². The summed E-state index contributed by atoms with van der Waals surface area (Å²) in [6.07, 6.45) is -3.11. The van der Waals surface area contributed by atoms with Gasteiger partial charge in [-0.1, -0.05) is 0 Å². The van der Waals surface area contributed by atoms with Crippen LogP contribution in [0, 0.1) is 0 Å². The van der Waals surface area contributed by atoms with Crippen LogP contribution < -0.4 is 3.61 Å². The Morgan fingerprint density at radius 1 is 0.964 bits per heavy atom. The molecule has 0 spiro atoms. The molecule has 2 aromatic rings. The number of benzene rings is 2. The third kappa shape index (κ3) is 4.14. The summed E-state index contributed by atoms with van der Waals surface area (Å²) in [5.74, 6) is -1.38. The zero-order valence-corrected chi connectivity index (χ0v) is 17.8. The van der Waals surface area contributed by atoms with Gasteiger partial charge in [-0.2, -0.15) is 0 Å². The van der Waals surface area contributed by atoms with Gasteiger partial charge in [-0.25, -0.2) is 0 Å². The van der Waals surface area contributed by atoms with E-state index in [1.54, 1.807) is 38.1 Å². The quantitative estimate of drug-likeness (QED) is 0.464. The van der Waals surface area contributed by atoms with Crippen molar-refractivity contribution in [3.63, 3.8) is 0 Å². The predicted molar refractivity (Wildman–Crippen MR) is 101 cm³/mol. The van der Waals surface area contributed by atoms with Crippen molar-refractivity contribution in [1.29, 1.82) is 0 Å². The summed E-state index contributed by atoms with van der Waals surface area (Å²) in [7, 11) is 0. The van der Waals surface area contributed by atoms with Crippen molar-refractivity contribution in [3.05, 3.63) is 66.2 Å². The van der Waals surface area contributed by atoms with Gasteiger partial charge >= 0.3 is 173 Å². The summed E-state index contributed by atoms with van der Waals surface area (Å²) >= 11 is -1.18. The topological polar surface area (TPSA) is 71.1 Å². The van der Waals surface area contributed by atoms with E-state index in [1.165, 1.54) is 0 Å².